The van der Waals surface area contributed by atoms with E-state index < -0.39 is 0 Å². The van der Waals surface area contributed by atoms with Crippen LogP contribution in [0.5, 0.6) is 0 Å². The zero-order chi connectivity index (χ0) is 24.0. The summed E-state index contributed by atoms with van der Waals surface area (Å²) in [4.78, 5) is 17.7. The Labute approximate surface area is 200 Å². The summed E-state index contributed by atoms with van der Waals surface area (Å²) in [5, 5.41) is 12.2. The van der Waals surface area contributed by atoms with Crippen molar-refractivity contribution in [2.75, 3.05) is 22.9 Å². The first-order chi connectivity index (χ1) is 16.5. The topological polar surface area (TPSA) is 48.7 Å². The van der Waals surface area contributed by atoms with Crippen LogP contribution in [0.2, 0.25) is 0 Å². The summed E-state index contributed by atoms with van der Waals surface area (Å²) in [7, 11) is 0. The Balaban J connectivity index is 1.59. The van der Waals surface area contributed by atoms with Crippen molar-refractivity contribution in [3.8, 4) is 0 Å². The molecule has 1 aliphatic heterocycles. The van der Waals surface area contributed by atoms with Gasteiger partial charge in [-0.25, -0.2) is 0 Å². The number of hydrogen-bond acceptors (Lipinski definition) is 4. The molecule has 0 saturated heterocycles. The van der Waals surface area contributed by atoms with Gasteiger partial charge < -0.3 is 19.5 Å². The SMILES string of the molecule is CCc1c(C=C2C(=O)C(C=C3N(CC)c4ccccc4N3CC)=C2O)n(CC)c2ccccc12. The highest BCUT2D eigenvalue weighted by Crippen LogP contribution is 2.43. The highest BCUT2D eigenvalue weighted by molar-refractivity contribution is 6.23. The molecule has 1 aliphatic carbocycles. The Morgan fingerprint density at radius 2 is 1.44 bits per heavy atom. The molecular weight excluding hydrogens is 422 g/mol. The number of aromatic nitrogens is 1. The fourth-order valence-corrected chi connectivity index (χ4v) is 5.38. The number of hydrogen-bond donors (Lipinski definition) is 1. The molecule has 0 fully saturated rings. The Morgan fingerprint density at radius 3 is 2.00 bits per heavy atom. The molecule has 0 spiro atoms. The molecular formula is C29H31N3O2. The van der Waals surface area contributed by atoms with Crippen LogP contribution < -0.4 is 9.80 Å². The third kappa shape index (κ3) is 3.11. The molecule has 5 rings (SSSR count). The minimum absolute atomic E-state index is 0.0792. The molecule has 1 N–H and O–H groups in total. The lowest BCUT2D eigenvalue weighted by Crippen LogP contribution is -2.30. The number of aryl methyl sites for hydroxylation is 2. The van der Waals surface area contributed by atoms with E-state index in [0.717, 1.165) is 54.5 Å². The molecule has 5 nitrogen and oxygen atoms in total. The van der Waals surface area contributed by atoms with E-state index in [2.05, 4.69) is 66.3 Å². The van der Waals surface area contributed by atoms with Gasteiger partial charge in [-0.1, -0.05) is 37.3 Å². The highest BCUT2D eigenvalue weighted by Gasteiger charge is 2.36. The average Bonchev–Trinajstić information content (AvgIpc) is 3.35. The Kier molecular flexibility index (Phi) is 5.56. The number of rotatable bonds is 6. The third-order valence-electron chi connectivity index (χ3n) is 6.99. The first-order valence-corrected chi connectivity index (χ1v) is 12.2. The molecule has 0 saturated carbocycles. The van der Waals surface area contributed by atoms with Crippen LogP contribution in [-0.2, 0) is 17.8 Å². The van der Waals surface area contributed by atoms with E-state index in [1.54, 1.807) is 0 Å². The first kappa shape index (κ1) is 22.1. The molecule has 0 atom stereocenters. The molecule has 0 unspecified atom stereocenters. The molecule has 1 aromatic heterocycles. The highest BCUT2D eigenvalue weighted by atomic mass is 16.3. The maximum absolute atomic E-state index is 13.3. The second kappa shape index (κ2) is 8.56. The van der Waals surface area contributed by atoms with E-state index in [1.165, 1.54) is 10.9 Å². The number of nitrogens with zero attached hydrogens (tertiary/aromatic N) is 3. The third-order valence-corrected chi connectivity index (χ3v) is 6.99. The number of aliphatic hydroxyl groups excluding tert-OH is 1. The van der Waals surface area contributed by atoms with Crippen molar-refractivity contribution < 1.29 is 9.90 Å². The van der Waals surface area contributed by atoms with Crippen molar-refractivity contribution in [1.82, 2.24) is 4.57 Å². The van der Waals surface area contributed by atoms with Crippen molar-refractivity contribution in [3.05, 3.63) is 88.6 Å². The summed E-state index contributed by atoms with van der Waals surface area (Å²) >= 11 is 0. The van der Waals surface area contributed by atoms with Gasteiger partial charge in [0.2, 0.25) is 5.78 Å². The summed E-state index contributed by atoms with van der Waals surface area (Å²) in [5.74, 6) is 0.899. The fraction of sp³-hybridized carbons (Fsp3) is 0.276. The van der Waals surface area contributed by atoms with Crippen LogP contribution in [0.15, 0.2) is 77.3 Å². The summed E-state index contributed by atoms with van der Waals surface area (Å²) in [5.41, 5.74) is 6.39. The molecule has 0 amide bonds. The van der Waals surface area contributed by atoms with Gasteiger partial charge in [0.15, 0.2) is 0 Å². The van der Waals surface area contributed by atoms with Crippen molar-refractivity contribution in [1.29, 1.82) is 0 Å². The van der Waals surface area contributed by atoms with E-state index in [9.17, 15) is 9.90 Å². The lowest BCUT2D eigenvalue weighted by atomic mass is 9.86. The maximum atomic E-state index is 13.3. The molecule has 5 heteroatoms. The first-order valence-electron chi connectivity index (χ1n) is 12.2. The predicted octanol–water partition coefficient (Wildman–Crippen LogP) is 6.21. The average molecular weight is 454 g/mol. The number of ketones is 1. The number of allylic oxidation sites excluding steroid dienone is 3. The molecule has 0 bridgehead atoms. The maximum Gasteiger partial charge on any atom is 0.200 e. The van der Waals surface area contributed by atoms with Gasteiger partial charge in [0, 0.05) is 36.2 Å². The van der Waals surface area contributed by atoms with Gasteiger partial charge in [0.1, 0.15) is 11.6 Å². The van der Waals surface area contributed by atoms with Gasteiger partial charge in [-0.2, -0.15) is 0 Å². The number of Topliss-reactive ketones (excluding diaryl/α,β-unsaturated/α-hetero) is 1. The molecule has 2 heterocycles. The van der Waals surface area contributed by atoms with E-state index in [0.29, 0.717) is 11.1 Å². The summed E-state index contributed by atoms with van der Waals surface area (Å²) in [6.07, 6.45) is 4.58. The number of fused-ring (bicyclic) bond motifs is 2. The van der Waals surface area contributed by atoms with Gasteiger partial charge in [-0.3, -0.25) is 4.79 Å². The molecule has 3 aromatic rings. The van der Waals surface area contributed by atoms with Crippen molar-refractivity contribution in [2.45, 2.75) is 40.7 Å². The second-order valence-electron chi connectivity index (χ2n) is 8.61. The zero-order valence-corrected chi connectivity index (χ0v) is 20.3. The number of anilines is 2. The molecule has 2 aromatic carbocycles. The summed E-state index contributed by atoms with van der Waals surface area (Å²) < 4.78 is 2.23. The molecule has 0 radical (unpaired) electrons. The Bertz CT molecular complexity index is 1320. The van der Waals surface area contributed by atoms with Crippen LogP contribution in [0, 0.1) is 0 Å². The minimum Gasteiger partial charge on any atom is -0.506 e. The van der Waals surface area contributed by atoms with E-state index >= 15 is 0 Å². The Hall–Kier alpha value is -3.73. The number of carbonyl (C=O) groups is 1. The van der Waals surface area contributed by atoms with Gasteiger partial charge in [-0.15, -0.1) is 0 Å². The number of carbonyl (C=O) groups excluding carboxylic acids is 1. The zero-order valence-electron chi connectivity index (χ0n) is 20.3. The molecule has 174 valence electrons. The van der Waals surface area contributed by atoms with Crippen LogP contribution >= 0.6 is 0 Å². The smallest absolute Gasteiger partial charge is 0.200 e. The van der Waals surface area contributed by atoms with Crippen molar-refractivity contribution in [2.24, 2.45) is 0 Å². The van der Waals surface area contributed by atoms with Crippen LogP contribution in [0.4, 0.5) is 11.4 Å². The van der Waals surface area contributed by atoms with Gasteiger partial charge in [-0.05, 0) is 63.1 Å². The predicted molar refractivity (Wildman–Crippen MR) is 140 cm³/mol. The number of para-hydroxylation sites is 3. The largest absolute Gasteiger partial charge is 0.506 e. The van der Waals surface area contributed by atoms with Crippen LogP contribution in [0.25, 0.3) is 17.0 Å². The monoisotopic (exact) mass is 453 g/mol. The van der Waals surface area contributed by atoms with Crippen LogP contribution in [0.1, 0.15) is 39.0 Å². The van der Waals surface area contributed by atoms with Crippen LogP contribution in [0.3, 0.4) is 0 Å². The van der Waals surface area contributed by atoms with Gasteiger partial charge in [0.25, 0.3) is 0 Å². The van der Waals surface area contributed by atoms with E-state index in [-0.39, 0.29) is 11.5 Å². The Morgan fingerprint density at radius 1 is 0.824 bits per heavy atom. The normalized spacial score (nSPS) is 16.6. The van der Waals surface area contributed by atoms with Gasteiger partial charge in [0.05, 0.1) is 22.5 Å². The van der Waals surface area contributed by atoms with Crippen LogP contribution in [-0.4, -0.2) is 28.5 Å². The van der Waals surface area contributed by atoms with Gasteiger partial charge >= 0.3 is 0 Å². The summed E-state index contributed by atoms with van der Waals surface area (Å²) in [6, 6.07) is 16.6. The van der Waals surface area contributed by atoms with E-state index in [1.807, 2.05) is 36.4 Å². The van der Waals surface area contributed by atoms with Crippen molar-refractivity contribution >= 4 is 34.1 Å². The second-order valence-corrected chi connectivity index (χ2v) is 8.61. The molecule has 34 heavy (non-hydrogen) atoms. The van der Waals surface area contributed by atoms with Crippen molar-refractivity contribution in [3.63, 3.8) is 0 Å². The minimum atomic E-state index is -0.108. The fourth-order valence-electron chi connectivity index (χ4n) is 5.38. The standard InChI is InChI=1S/C29H31N3O2/c1-5-19-20-13-9-10-14-23(20)30(6-2)26(19)17-21-28(33)22(29(21)34)18-27-31(7-3)24-15-11-12-16-25(24)32(27)8-4/h9-18,33H,5-8H2,1-4H3. The number of aliphatic hydroxyl groups is 1. The lowest BCUT2D eigenvalue weighted by molar-refractivity contribution is -0.113. The van der Waals surface area contributed by atoms with E-state index in [4.69, 9.17) is 0 Å². The molecule has 2 aliphatic rings. The lowest BCUT2D eigenvalue weighted by Gasteiger charge is -2.26. The quantitative estimate of drug-likeness (QED) is 0.451. The number of benzene rings is 2. The summed E-state index contributed by atoms with van der Waals surface area (Å²) in [6.45, 7) is 10.8.